The summed E-state index contributed by atoms with van der Waals surface area (Å²) in [7, 11) is 0. The van der Waals surface area contributed by atoms with Crippen LogP contribution in [-0.4, -0.2) is 32.6 Å². The average molecular weight is 420 g/mol. The number of hydrogen-bond acceptors (Lipinski definition) is 6. The Morgan fingerprint density at radius 3 is 2.23 bits per heavy atom. The van der Waals surface area contributed by atoms with Gasteiger partial charge < -0.3 is 9.84 Å². The van der Waals surface area contributed by atoms with Crippen LogP contribution in [0.5, 0.6) is 0 Å². The molecule has 0 radical (unpaired) electrons. The third-order valence-corrected chi connectivity index (χ3v) is 5.34. The minimum absolute atomic E-state index is 0.00514. The minimum Gasteiger partial charge on any atom is -0.389 e. The molecule has 30 heavy (non-hydrogen) atoms. The van der Waals surface area contributed by atoms with Crippen molar-refractivity contribution in [2.45, 2.75) is 19.3 Å². The van der Waals surface area contributed by atoms with Crippen molar-refractivity contribution in [2.24, 2.45) is 0 Å². The van der Waals surface area contributed by atoms with E-state index in [-0.39, 0.29) is 13.2 Å². The smallest absolute Gasteiger partial charge is 0.364 e. The van der Waals surface area contributed by atoms with Crippen LogP contribution < -0.4 is 5.69 Å². The zero-order valence-electron chi connectivity index (χ0n) is 16.2. The first-order valence-electron chi connectivity index (χ1n) is 9.59. The van der Waals surface area contributed by atoms with Crippen LogP contribution in [0.15, 0.2) is 83.0 Å². The van der Waals surface area contributed by atoms with Crippen molar-refractivity contribution in [3.8, 4) is 22.5 Å². The van der Waals surface area contributed by atoms with E-state index >= 15 is 0 Å². The highest BCUT2D eigenvalue weighted by molar-refractivity contribution is 7.09. The SMILES string of the molecule is O=c1nc(-c2ccccc2)c(-c2ccccc2)nn1C[C@H](O)COCc1cccs1. The molecule has 4 aromatic rings. The summed E-state index contributed by atoms with van der Waals surface area (Å²) in [4.78, 5) is 18.0. The van der Waals surface area contributed by atoms with Crippen molar-refractivity contribution in [1.82, 2.24) is 14.8 Å². The van der Waals surface area contributed by atoms with E-state index in [1.54, 1.807) is 11.3 Å². The van der Waals surface area contributed by atoms with E-state index in [0.717, 1.165) is 16.0 Å². The summed E-state index contributed by atoms with van der Waals surface area (Å²) in [5.74, 6) is 0. The Hall–Kier alpha value is -3.13. The van der Waals surface area contributed by atoms with Crippen molar-refractivity contribution in [1.29, 1.82) is 0 Å². The van der Waals surface area contributed by atoms with Gasteiger partial charge in [-0.25, -0.2) is 9.48 Å². The number of aromatic nitrogens is 3. The van der Waals surface area contributed by atoms with Gasteiger partial charge in [-0.05, 0) is 11.4 Å². The van der Waals surface area contributed by atoms with Gasteiger partial charge in [0.15, 0.2) is 0 Å². The Labute approximate surface area is 178 Å². The van der Waals surface area contributed by atoms with Gasteiger partial charge in [-0.3, -0.25) is 0 Å². The number of benzene rings is 2. The van der Waals surface area contributed by atoms with Crippen molar-refractivity contribution in [3.63, 3.8) is 0 Å². The lowest BCUT2D eigenvalue weighted by Crippen LogP contribution is -2.33. The van der Waals surface area contributed by atoms with Gasteiger partial charge in [0.2, 0.25) is 0 Å². The number of hydrogen-bond donors (Lipinski definition) is 1. The second-order valence-electron chi connectivity index (χ2n) is 6.75. The molecule has 1 atom stereocenters. The standard InChI is InChI=1S/C23H21N3O3S/c27-19(15-29-16-20-12-7-13-30-20)14-26-23(28)24-21(17-8-3-1-4-9-17)22(25-26)18-10-5-2-6-11-18/h1-13,19,27H,14-16H2/t19-/m0/s1. The summed E-state index contributed by atoms with van der Waals surface area (Å²) in [5, 5.41) is 16.9. The molecule has 0 fully saturated rings. The van der Waals surface area contributed by atoms with Crippen molar-refractivity contribution < 1.29 is 9.84 Å². The molecule has 2 heterocycles. The summed E-state index contributed by atoms with van der Waals surface area (Å²) < 4.78 is 6.76. The Morgan fingerprint density at radius 1 is 0.933 bits per heavy atom. The molecule has 0 saturated heterocycles. The largest absolute Gasteiger partial charge is 0.389 e. The first-order valence-corrected chi connectivity index (χ1v) is 10.5. The van der Waals surface area contributed by atoms with Gasteiger partial charge in [0.1, 0.15) is 11.4 Å². The Kier molecular flexibility index (Phi) is 6.44. The molecule has 6 nitrogen and oxygen atoms in total. The van der Waals surface area contributed by atoms with Crippen LogP contribution in [0.4, 0.5) is 0 Å². The third kappa shape index (κ3) is 4.88. The quantitative estimate of drug-likeness (QED) is 0.472. The van der Waals surface area contributed by atoms with Gasteiger partial charge in [0, 0.05) is 16.0 Å². The molecule has 0 bridgehead atoms. The van der Waals surface area contributed by atoms with Crippen LogP contribution in [0, 0.1) is 0 Å². The number of aliphatic hydroxyl groups is 1. The van der Waals surface area contributed by atoms with Gasteiger partial charge in [0.05, 0.1) is 25.9 Å². The summed E-state index contributed by atoms with van der Waals surface area (Å²) in [6.07, 6.45) is -0.872. The molecule has 0 spiro atoms. The maximum Gasteiger partial charge on any atom is 0.364 e. The van der Waals surface area contributed by atoms with E-state index in [1.807, 2.05) is 78.2 Å². The maximum absolute atomic E-state index is 12.6. The molecule has 0 unspecified atom stereocenters. The minimum atomic E-state index is -0.872. The van der Waals surface area contributed by atoms with Gasteiger partial charge in [-0.15, -0.1) is 11.3 Å². The van der Waals surface area contributed by atoms with E-state index in [1.165, 1.54) is 4.68 Å². The van der Waals surface area contributed by atoms with E-state index in [0.29, 0.717) is 18.0 Å². The molecule has 4 rings (SSSR count). The molecule has 0 aliphatic carbocycles. The van der Waals surface area contributed by atoms with E-state index in [4.69, 9.17) is 4.74 Å². The molecule has 0 aliphatic heterocycles. The van der Waals surface area contributed by atoms with Crippen molar-refractivity contribution >= 4 is 11.3 Å². The summed E-state index contributed by atoms with van der Waals surface area (Å²) >= 11 is 1.60. The highest BCUT2D eigenvalue weighted by Crippen LogP contribution is 2.27. The lowest BCUT2D eigenvalue weighted by atomic mass is 10.0. The number of ether oxygens (including phenoxy) is 1. The van der Waals surface area contributed by atoms with Crippen molar-refractivity contribution in [2.75, 3.05) is 6.61 Å². The van der Waals surface area contributed by atoms with Gasteiger partial charge in [-0.2, -0.15) is 10.1 Å². The number of thiophene rings is 1. The normalized spacial score (nSPS) is 12.0. The lowest BCUT2D eigenvalue weighted by Gasteiger charge is -2.14. The van der Waals surface area contributed by atoms with E-state index in [2.05, 4.69) is 10.1 Å². The van der Waals surface area contributed by atoms with Crippen molar-refractivity contribution in [3.05, 3.63) is 93.5 Å². The monoisotopic (exact) mass is 419 g/mol. The zero-order valence-corrected chi connectivity index (χ0v) is 17.0. The lowest BCUT2D eigenvalue weighted by molar-refractivity contribution is 0.0187. The number of aliphatic hydroxyl groups excluding tert-OH is 1. The van der Waals surface area contributed by atoms with Crippen LogP contribution in [0.1, 0.15) is 4.88 Å². The predicted molar refractivity (Wildman–Crippen MR) is 117 cm³/mol. The van der Waals surface area contributed by atoms with E-state index in [9.17, 15) is 9.90 Å². The fourth-order valence-electron chi connectivity index (χ4n) is 3.07. The Balaban J connectivity index is 1.58. The molecule has 0 saturated carbocycles. The first kappa shape index (κ1) is 20.2. The summed E-state index contributed by atoms with van der Waals surface area (Å²) in [6, 6.07) is 23.0. The van der Waals surface area contributed by atoms with Gasteiger partial charge in [0.25, 0.3) is 0 Å². The number of nitrogens with zero attached hydrogens (tertiary/aromatic N) is 3. The average Bonchev–Trinajstić information content (AvgIpc) is 3.30. The zero-order chi connectivity index (χ0) is 20.8. The van der Waals surface area contributed by atoms with Crippen LogP contribution in [0.25, 0.3) is 22.5 Å². The predicted octanol–water partition coefficient (Wildman–Crippen LogP) is 3.61. The third-order valence-electron chi connectivity index (χ3n) is 4.49. The molecule has 7 heteroatoms. The molecule has 1 N–H and O–H groups in total. The Bertz CT molecular complexity index is 1130. The van der Waals surface area contributed by atoms with Crippen LogP contribution in [0.2, 0.25) is 0 Å². The highest BCUT2D eigenvalue weighted by Gasteiger charge is 2.16. The first-order chi connectivity index (χ1) is 14.7. The fraction of sp³-hybridized carbons (Fsp3) is 0.174. The molecule has 0 aliphatic rings. The maximum atomic E-state index is 12.6. The summed E-state index contributed by atoms with van der Waals surface area (Å²) in [5.41, 5.74) is 2.26. The molecular formula is C23H21N3O3S. The molecular weight excluding hydrogens is 398 g/mol. The highest BCUT2D eigenvalue weighted by atomic mass is 32.1. The second-order valence-corrected chi connectivity index (χ2v) is 7.79. The Morgan fingerprint density at radius 2 is 1.60 bits per heavy atom. The van der Waals surface area contributed by atoms with E-state index < -0.39 is 11.8 Å². The molecule has 0 amide bonds. The van der Waals surface area contributed by atoms with Crippen LogP contribution >= 0.6 is 11.3 Å². The number of rotatable bonds is 8. The van der Waals surface area contributed by atoms with Crippen LogP contribution in [-0.2, 0) is 17.9 Å². The summed E-state index contributed by atoms with van der Waals surface area (Å²) in [6.45, 7) is 0.538. The molecule has 152 valence electrons. The van der Waals surface area contributed by atoms with Crippen LogP contribution in [0.3, 0.4) is 0 Å². The molecule has 2 aromatic heterocycles. The topological polar surface area (TPSA) is 77.2 Å². The fourth-order valence-corrected chi connectivity index (χ4v) is 3.71. The van der Waals surface area contributed by atoms with Gasteiger partial charge in [-0.1, -0.05) is 66.7 Å². The molecule has 2 aromatic carbocycles. The van der Waals surface area contributed by atoms with Gasteiger partial charge >= 0.3 is 5.69 Å². The second kappa shape index (κ2) is 9.58.